The molecule has 0 heterocycles. The number of ether oxygens (including phenoxy) is 2. The average Bonchev–Trinajstić information content (AvgIpc) is 2.47. The van der Waals surface area contributed by atoms with Crippen molar-refractivity contribution in [3.05, 3.63) is 25.3 Å². The van der Waals surface area contributed by atoms with Crippen LogP contribution in [0.1, 0.15) is 46.5 Å². The zero-order valence-corrected chi connectivity index (χ0v) is 14.0. The Labute approximate surface area is 133 Å². The first-order valence-corrected chi connectivity index (χ1v) is 7.61. The van der Waals surface area contributed by atoms with Crippen molar-refractivity contribution >= 4 is 23.5 Å². The van der Waals surface area contributed by atoms with Gasteiger partial charge in [-0.15, -0.1) is 0 Å². The van der Waals surface area contributed by atoms with Crippen LogP contribution in [0.4, 0.5) is 0 Å². The van der Waals surface area contributed by atoms with Gasteiger partial charge < -0.3 is 9.47 Å². The summed E-state index contributed by atoms with van der Waals surface area (Å²) in [5.41, 5.74) is -0.569. The molecule has 2 unspecified atom stereocenters. The van der Waals surface area contributed by atoms with Crippen LogP contribution in [-0.4, -0.2) is 24.1 Å². The molecule has 2 atom stereocenters. The van der Waals surface area contributed by atoms with E-state index in [0.29, 0.717) is 12.5 Å². The number of carbonyl (C=O) groups is 2. The van der Waals surface area contributed by atoms with Gasteiger partial charge in [0.15, 0.2) is 5.56 Å². The molecule has 0 saturated heterocycles. The number of halogens is 1. The molecule has 0 saturated carbocycles. The first-order valence-electron chi connectivity index (χ1n) is 7.17. The smallest absolute Gasteiger partial charge is 0.331 e. The van der Waals surface area contributed by atoms with E-state index in [1.54, 1.807) is 6.92 Å². The van der Waals surface area contributed by atoms with E-state index in [0.717, 1.165) is 18.9 Å². The molecular weight excluding hydrogens is 292 g/mol. The van der Waals surface area contributed by atoms with Crippen LogP contribution in [0.2, 0.25) is 0 Å². The summed E-state index contributed by atoms with van der Waals surface area (Å²) in [4.78, 5) is 21.0. The van der Waals surface area contributed by atoms with Gasteiger partial charge in [-0.25, -0.2) is 9.59 Å². The molecule has 0 aromatic carbocycles. The lowest BCUT2D eigenvalue weighted by atomic mass is 10.0. The van der Waals surface area contributed by atoms with Crippen molar-refractivity contribution < 1.29 is 19.1 Å². The summed E-state index contributed by atoms with van der Waals surface area (Å²) >= 11 is 5.26. The van der Waals surface area contributed by atoms with E-state index in [-0.39, 0.29) is 5.97 Å². The van der Waals surface area contributed by atoms with Gasteiger partial charge in [0.25, 0.3) is 0 Å². The van der Waals surface area contributed by atoms with E-state index in [4.69, 9.17) is 16.3 Å². The molecule has 21 heavy (non-hydrogen) atoms. The van der Waals surface area contributed by atoms with Gasteiger partial charge in [-0.2, -0.15) is 0 Å². The van der Waals surface area contributed by atoms with Gasteiger partial charge in [0.05, 0.1) is 6.61 Å². The Hall–Kier alpha value is -1.29. The van der Waals surface area contributed by atoms with Gasteiger partial charge in [0.2, 0.25) is 0 Å². The van der Waals surface area contributed by atoms with Crippen molar-refractivity contribution in [1.29, 1.82) is 0 Å². The number of carbonyl (C=O) groups excluding carboxylic acids is 2. The van der Waals surface area contributed by atoms with Crippen LogP contribution in [-0.2, 0) is 19.1 Å². The first-order chi connectivity index (χ1) is 9.90. The zero-order valence-electron chi connectivity index (χ0n) is 13.3. The van der Waals surface area contributed by atoms with E-state index in [2.05, 4.69) is 31.7 Å². The van der Waals surface area contributed by atoms with Crippen molar-refractivity contribution in [2.24, 2.45) is 5.92 Å². The van der Waals surface area contributed by atoms with Crippen LogP contribution in [0.5, 0.6) is 0 Å². The summed E-state index contributed by atoms with van der Waals surface area (Å²) in [7, 11) is 0. The quantitative estimate of drug-likeness (QED) is 0.362. The van der Waals surface area contributed by atoms with Crippen LogP contribution >= 0.6 is 11.6 Å². The fourth-order valence-electron chi connectivity index (χ4n) is 1.37. The highest BCUT2D eigenvalue weighted by Crippen LogP contribution is 2.12. The zero-order chi connectivity index (χ0) is 16.7. The number of unbranched alkanes of at least 4 members (excludes halogenated alkanes) is 1. The third-order valence-corrected chi connectivity index (χ3v) is 2.71. The third kappa shape index (κ3) is 16.7. The number of hydrogen-bond donors (Lipinski definition) is 0. The van der Waals surface area contributed by atoms with Crippen LogP contribution in [0.25, 0.3) is 0 Å². The Bertz CT molecular complexity index is 313. The highest BCUT2D eigenvalue weighted by molar-refractivity contribution is 6.20. The molecule has 0 radical (unpaired) electrons. The predicted molar refractivity (Wildman–Crippen MR) is 86.1 cm³/mol. The molecule has 0 fully saturated rings. The maximum absolute atomic E-state index is 10.8. The minimum atomic E-state index is -0.569. The Morgan fingerprint density at radius 3 is 2.10 bits per heavy atom. The van der Waals surface area contributed by atoms with Crippen molar-refractivity contribution in [3.63, 3.8) is 0 Å². The lowest BCUT2D eigenvalue weighted by Crippen LogP contribution is -2.12. The second-order valence-electron chi connectivity index (χ2n) is 4.43. The van der Waals surface area contributed by atoms with Crippen molar-refractivity contribution in [1.82, 2.24) is 0 Å². The predicted octanol–water partition coefficient (Wildman–Crippen LogP) is 4.23. The summed E-state index contributed by atoms with van der Waals surface area (Å²) < 4.78 is 9.39. The maximum Gasteiger partial charge on any atom is 0.331 e. The minimum Gasteiger partial charge on any atom is -0.462 e. The maximum atomic E-state index is 10.8. The van der Waals surface area contributed by atoms with E-state index < -0.39 is 11.5 Å². The van der Waals surface area contributed by atoms with Gasteiger partial charge in [-0.3, -0.25) is 0 Å². The third-order valence-electron chi connectivity index (χ3n) is 2.62. The highest BCUT2D eigenvalue weighted by Gasteiger charge is 2.07. The molecule has 5 heteroatoms. The van der Waals surface area contributed by atoms with E-state index >= 15 is 0 Å². The van der Waals surface area contributed by atoms with Crippen molar-refractivity contribution in [2.75, 3.05) is 6.61 Å². The molecule has 0 aromatic rings. The summed E-state index contributed by atoms with van der Waals surface area (Å²) in [6, 6.07) is 0. The highest BCUT2D eigenvalue weighted by atomic mass is 35.5. The summed E-state index contributed by atoms with van der Waals surface area (Å²) in [6.07, 6.45) is 6.92. The number of alkyl halides is 1. The lowest BCUT2D eigenvalue weighted by molar-refractivity contribution is -0.139. The summed E-state index contributed by atoms with van der Waals surface area (Å²) in [5, 5.41) is 0. The van der Waals surface area contributed by atoms with E-state index in [9.17, 15) is 9.59 Å². The Morgan fingerprint density at radius 1 is 1.19 bits per heavy atom. The number of rotatable bonds is 9. The molecule has 0 amide bonds. The van der Waals surface area contributed by atoms with Gasteiger partial charge in [-0.05, 0) is 19.3 Å². The standard InChI is InChI=1S/C11H20O2.C5H7ClO2/c1-4-7-8-10(5-2)9-13-11(12)6-3;1-3-5(7)8-4(2)6/h6,10H,3-5,7-9H2,1-2H3;3-4H,1H2,2H3. The minimum absolute atomic E-state index is 0.310. The fraction of sp³-hybridized carbons (Fsp3) is 0.625. The molecular formula is C16H27ClO4. The molecule has 0 aliphatic carbocycles. The number of esters is 2. The summed E-state index contributed by atoms with van der Waals surface area (Å²) in [5.74, 6) is -0.286. The van der Waals surface area contributed by atoms with Gasteiger partial charge in [0.1, 0.15) is 0 Å². The fourth-order valence-corrected chi connectivity index (χ4v) is 1.45. The lowest BCUT2D eigenvalue weighted by Gasteiger charge is -2.13. The van der Waals surface area contributed by atoms with Crippen LogP contribution in [0.15, 0.2) is 25.3 Å². The summed E-state index contributed by atoms with van der Waals surface area (Å²) in [6.45, 7) is 12.9. The molecule has 0 spiro atoms. The molecule has 4 nitrogen and oxygen atoms in total. The second-order valence-corrected chi connectivity index (χ2v) is 5.05. The largest absolute Gasteiger partial charge is 0.462 e. The average molecular weight is 319 g/mol. The van der Waals surface area contributed by atoms with Crippen LogP contribution in [0.3, 0.4) is 0 Å². The first kappa shape index (κ1) is 22.0. The molecule has 0 bridgehead atoms. The molecule has 0 N–H and O–H groups in total. The van der Waals surface area contributed by atoms with Gasteiger partial charge in [0, 0.05) is 12.2 Å². The molecule has 0 aliphatic rings. The number of hydrogen-bond acceptors (Lipinski definition) is 4. The van der Waals surface area contributed by atoms with Gasteiger partial charge >= 0.3 is 11.9 Å². The Kier molecular flexibility index (Phi) is 15.8. The molecule has 0 rings (SSSR count). The molecule has 122 valence electrons. The monoisotopic (exact) mass is 318 g/mol. The van der Waals surface area contributed by atoms with E-state index in [1.807, 2.05) is 0 Å². The van der Waals surface area contributed by atoms with E-state index in [1.165, 1.54) is 18.9 Å². The SMILES string of the molecule is C=CC(=O)OC(C)Cl.C=CC(=O)OCC(CC)CCCC. The van der Waals surface area contributed by atoms with Crippen LogP contribution < -0.4 is 0 Å². The van der Waals surface area contributed by atoms with Crippen LogP contribution in [0, 0.1) is 5.92 Å². The van der Waals surface area contributed by atoms with Crippen molar-refractivity contribution in [2.45, 2.75) is 52.0 Å². The normalized spacial score (nSPS) is 12.2. The molecule has 0 aromatic heterocycles. The van der Waals surface area contributed by atoms with Crippen molar-refractivity contribution in [3.8, 4) is 0 Å². The van der Waals surface area contributed by atoms with Gasteiger partial charge in [-0.1, -0.05) is 57.9 Å². The Morgan fingerprint density at radius 2 is 1.76 bits per heavy atom. The molecule has 0 aliphatic heterocycles. The second kappa shape index (κ2) is 15.1. The Balaban J connectivity index is 0. The topological polar surface area (TPSA) is 52.6 Å².